The van der Waals surface area contributed by atoms with Crippen LogP contribution in [0.3, 0.4) is 0 Å². The second-order valence-electron chi connectivity index (χ2n) is 4.55. The number of benzene rings is 1. The molecule has 4 heteroatoms. The van der Waals surface area contributed by atoms with E-state index in [1.807, 2.05) is 6.08 Å². The minimum absolute atomic E-state index is 0.0244. The van der Waals surface area contributed by atoms with E-state index in [-0.39, 0.29) is 6.17 Å². The standard InChI is InChI=1S/C13H18BrN3/c1-16(2)7-8-17-12-5-4-11(14)9-10(12)3-6-13(17)15/h3-6,9,13H,7-8,15H2,1-2H3. The lowest BCUT2D eigenvalue weighted by Crippen LogP contribution is -2.45. The smallest absolute Gasteiger partial charge is 0.0965 e. The van der Waals surface area contributed by atoms with Crippen LogP contribution in [0.15, 0.2) is 28.7 Å². The number of likely N-dealkylation sites (N-methyl/N-ethyl adjacent to an activating group) is 1. The summed E-state index contributed by atoms with van der Waals surface area (Å²) in [7, 11) is 4.15. The molecule has 3 nitrogen and oxygen atoms in total. The number of anilines is 1. The van der Waals surface area contributed by atoms with Crippen molar-refractivity contribution in [2.24, 2.45) is 5.73 Å². The van der Waals surface area contributed by atoms with E-state index >= 15 is 0 Å². The highest BCUT2D eigenvalue weighted by Gasteiger charge is 2.19. The molecule has 1 atom stereocenters. The minimum atomic E-state index is -0.0244. The Hall–Kier alpha value is -0.840. The molecular formula is C13H18BrN3. The van der Waals surface area contributed by atoms with Crippen LogP contribution in [0.25, 0.3) is 6.08 Å². The third kappa shape index (κ3) is 2.89. The van der Waals surface area contributed by atoms with Gasteiger partial charge in [0.1, 0.15) is 0 Å². The lowest BCUT2D eigenvalue weighted by atomic mass is 10.1. The number of nitrogens with two attached hydrogens (primary N) is 1. The van der Waals surface area contributed by atoms with Crippen molar-refractivity contribution in [1.29, 1.82) is 0 Å². The zero-order valence-electron chi connectivity index (χ0n) is 10.2. The minimum Gasteiger partial charge on any atom is -0.351 e. The molecule has 0 bridgehead atoms. The zero-order chi connectivity index (χ0) is 12.4. The van der Waals surface area contributed by atoms with E-state index in [9.17, 15) is 0 Å². The summed E-state index contributed by atoms with van der Waals surface area (Å²) in [5, 5.41) is 0. The summed E-state index contributed by atoms with van der Waals surface area (Å²) in [6.07, 6.45) is 4.12. The van der Waals surface area contributed by atoms with E-state index in [1.165, 1.54) is 11.3 Å². The van der Waals surface area contributed by atoms with Gasteiger partial charge in [-0.05, 0) is 43.9 Å². The summed E-state index contributed by atoms with van der Waals surface area (Å²) in [6.45, 7) is 1.93. The van der Waals surface area contributed by atoms with Gasteiger partial charge < -0.3 is 15.5 Å². The van der Waals surface area contributed by atoms with Crippen molar-refractivity contribution in [2.45, 2.75) is 6.17 Å². The lowest BCUT2D eigenvalue weighted by Gasteiger charge is -2.34. The molecule has 1 unspecified atom stereocenters. The van der Waals surface area contributed by atoms with Gasteiger partial charge in [-0.3, -0.25) is 0 Å². The highest BCUT2D eigenvalue weighted by molar-refractivity contribution is 9.10. The van der Waals surface area contributed by atoms with Crippen LogP contribution in [0.5, 0.6) is 0 Å². The van der Waals surface area contributed by atoms with Crippen LogP contribution >= 0.6 is 15.9 Å². The number of halogens is 1. The Bertz CT molecular complexity index is 429. The Kier molecular flexibility index (Phi) is 3.86. The first-order valence-electron chi connectivity index (χ1n) is 5.72. The maximum Gasteiger partial charge on any atom is 0.0965 e. The third-order valence-electron chi connectivity index (χ3n) is 2.92. The van der Waals surface area contributed by atoms with E-state index < -0.39 is 0 Å². The largest absolute Gasteiger partial charge is 0.351 e. The molecule has 0 spiro atoms. The Balaban J connectivity index is 2.25. The first-order chi connectivity index (χ1) is 8.08. The molecule has 0 saturated carbocycles. The molecule has 1 aromatic carbocycles. The summed E-state index contributed by atoms with van der Waals surface area (Å²) < 4.78 is 1.10. The molecule has 1 aliphatic heterocycles. The van der Waals surface area contributed by atoms with Crippen LogP contribution in [0.1, 0.15) is 5.56 Å². The summed E-state index contributed by atoms with van der Waals surface area (Å²) in [5.41, 5.74) is 8.56. The zero-order valence-corrected chi connectivity index (χ0v) is 11.8. The second kappa shape index (κ2) is 5.21. The van der Waals surface area contributed by atoms with Crippen molar-refractivity contribution < 1.29 is 0 Å². The van der Waals surface area contributed by atoms with Crippen molar-refractivity contribution >= 4 is 27.7 Å². The highest BCUT2D eigenvalue weighted by Crippen LogP contribution is 2.29. The number of fused-ring (bicyclic) bond motifs is 1. The van der Waals surface area contributed by atoms with Gasteiger partial charge in [0.2, 0.25) is 0 Å². The fraction of sp³-hybridized carbons (Fsp3) is 0.385. The Morgan fingerprint density at radius 2 is 2.18 bits per heavy atom. The van der Waals surface area contributed by atoms with E-state index in [1.54, 1.807) is 0 Å². The van der Waals surface area contributed by atoms with Gasteiger partial charge in [-0.1, -0.05) is 22.0 Å². The van der Waals surface area contributed by atoms with Gasteiger partial charge in [0.25, 0.3) is 0 Å². The topological polar surface area (TPSA) is 32.5 Å². The van der Waals surface area contributed by atoms with Crippen LogP contribution in [-0.4, -0.2) is 38.3 Å². The van der Waals surface area contributed by atoms with Gasteiger partial charge in [-0.2, -0.15) is 0 Å². The van der Waals surface area contributed by atoms with Gasteiger partial charge in [-0.15, -0.1) is 0 Å². The molecule has 0 fully saturated rings. The number of hydrogen-bond donors (Lipinski definition) is 1. The lowest BCUT2D eigenvalue weighted by molar-refractivity contribution is 0.409. The van der Waals surface area contributed by atoms with Crippen molar-refractivity contribution in [1.82, 2.24) is 4.90 Å². The average Bonchev–Trinajstić information content (AvgIpc) is 2.27. The van der Waals surface area contributed by atoms with Crippen LogP contribution < -0.4 is 10.6 Å². The van der Waals surface area contributed by atoms with Gasteiger partial charge in [-0.25, -0.2) is 0 Å². The maximum atomic E-state index is 6.13. The molecule has 0 aliphatic carbocycles. The molecule has 0 amide bonds. The van der Waals surface area contributed by atoms with Gasteiger partial charge in [0.05, 0.1) is 6.17 Å². The molecule has 1 aromatic rings. The molecule has 0 aromatic heterocycles. The Morgan fingerprint density at radius 1 is 1.41 bits per heavy atom. The van der Waals surface area contributed by atoms with Crippen molar-refractivity contribution in [3.63, 3.8) is 0 Å². The van der Waals surface area contributed by atoms with E-state index in [2.05, 4.69) is 64.1 Å². The first-order valence-corrected chi connectivity index (χ1v) is 6.52. The van der Waals surface area contributed by atoms with Crippen molar-refractivity contribution in [3.8, 4) is 0 Å². The van der Waals surface area contributed by atoms with E-state index in [4.69, 9.17) is 5.73 Å². The molecule has 92 valence electrons. The molecule has 2 rings (SSSR count). The summed E-state index contributed by atoms with van der Waals surface area (Å²) in [5.74, 6) is 0. The fourth-order valence-corrected chi connectivity index (χ4v) is 2.34. The molecule has 17 heavy (non-hydrogen) atoms. The molecule has 1 heterocycles. The van der Waals surface area contributed by atoms with Gasteiger partial charge in [0.15, 0.2) is 0 Å². The quantitative estimate of drug-likeness (QED) is 0.927. The summed E-state index contributed by atoms with van der Waals surface area (Å²) in [4.78, 5) is 4.41. The molecule has 1 aliphatic rings. The van der Waals surface area contributed by atoms with Crippen LogP contribution in [-0.2, 0) is 0 Å². The van der Waals surface area contributed by atoms with E-state index in [0.717, 1.165) is 17.6 Å². The summed E-state index contributed by atoms with van der Waals surface area (Å²) >= 11 is 3.50. The normalized spacial score (nSPS) is 18.6. The predicted molar refractivity (Wildman–Crippen MR) is 77.1 cm³/mol. The van der Waals surface area contributed by atoms with Crippen LogP contribution in [0, 0.1) is 0 Å². The van der Waals surface area contributed by atoms with Crippen molar-refractivity contribution in [3.05, 3.63) is 34.3 Å². The monoisotopic (exact) mass is 295 g/mol. The Morgan fingerprint density at radius 3 is 2.88 bits per heavy atom. The third-order valence-corrected chi connectivity index (χ3v) is 3.41. The molecule has 0 radical (unpaired) electrons. The van der Waals surface area contributed by atoms with Gasteiger partial charge >= 0.3 is 0 Å². The molecule has 0 saturated heterocycles. The fourth-order valence-electron chi connectivity index (χ4n) is 1.96. The maximum absolute atomic E-state index is 6.13. The Labute approximate surface area is 111 Å². The number of nitrogens with zero attached hydrogens (tertiary/aromatic N) is 2. The summed E-state index contributed by atoms with van der Waals surface area (Å²) in [6, 6.07) is 6.31. The first kappa shape index (κ1) is 12.6. The van der Waals surface area contributed by atoms with E-state index in [0.29, 0.717) is 0 Å². The second-order valence-corrected chi connectivity index (χ2v) is 5.47. The number of hydrogen-bond acceptors (Lipinski definition) is 3. The molecular weight excluding hydrogens is 278 g/mol. The highest BCUT2D eigenvalue weighted by atomic mass is 79.9. The predicted octanol–water partition coefficient (Wildman–Crippen LogP) is 2.13. The number of rotatable bonds is 3. The SMILES string of the molecule is CN(C)CCN1c2ccc(Br)cc2C=CC1N. The average molecular weight is 296 g/mol. The van der Waals surface area contributed by atoms with Crippen molar-refractivity contribution in [2.75, 3.05) is 32.1 Å². The van der Waals surface area contributed by atoms with Crippen LogP contribution in [0.2, 0.25) is 0 Å². The molecule has 2 N–H and O–H groups in total. The van der Waals surface area contributed by atoms with Gasteiger partial charge in [0, 0.05) is 23.2 Å². The van der Waals surface area contributed by atoms with Crippen LogP contribution in [0.4, 0.5) is 5.69 Å².